The lowest BCUT2D eigenvalue weighted by atomic mass is 10.5. The highest BCUT2D eigenvalue weighted by atomic mass is 15.1. The van der Waals surface area contributed by atoms with Gasteiger partial charge in [0.05, 0.1) is 6.34 Å². The van der Waals surface area contributed by atoms with Crippen LogP contribution in [-0.2, 0) is 0 Å². The van der Waals surface area contributed by atoms with Gasteiger partial charge in [-0.15, -0.1) is 0 Å². The number of nitrogens with zero attached hydrogens (tertiary/aromatic N) is 1. The molecule has 0 unspecified atom stereocenters. The molecule has 0 aliphatic carbocycles. The lowest BCUT2D eigenvalue weighted by Crippen LogP contribution is -2.15. The molecule has 2 nitrogen and oxygen atoms in total. The van der Waals surface area contributed by atoms with E-state index in [0.29, 0.717) is 0 Å². The molecule has 41 valence electrons. The van der Waals surface area contributed by atoms with Crippen LogP contribution in [0.1, 0.15) is 6.42 Å². The summed E-state index contributed by atoms with van der Waals surface area (Å²) in [6.07, 6.45) is 2.16. The van der Waals surface area contributed by atoms with Gasteiger partial charge in [0.15, 0.2) is 0 Å². The second-order valence-corrected chi connectivity index (χ2v) is 1.46. The van der Waals surface area contributed by atoms with Crippen molar-refractivity contribution >= 4 is 6.34 Å². The molecule has 1 radical (unpaired) electrons. The smallest absolute Gasteiger partial charge is 0.0814 e. The van der Waals surface area contributed by atoms with Crippen LogP contribution in [0, 0.1) is 12.3 Å². The first-order valence-corrected chi connectivity index (χ1v) is 2.31. The van der Waals surface area contributed by atoms with Crippen LogP contribution in [0.4, 0.5) is 0 Å². The van der Waals surface area contributed by atoms with Gasteiger partial charge in [-0.3, -0.25) is 5.41 Å². The average molecular weight is 99.2 g/mol. The van der Waals surface area contributed by atoms with E-state index in [0.717, 1.165) is 13.0 Å². The Bertz CT molecular complexity index is 52.0. The third-order valence-corrected chi connectivity index (χ3v) is 0.731. The molecule has 0 bridgehead atoms. The average Bonchev–Trinajstić information content (AvgIpc) is 1.68. The molecule has 0 aromatic heterocycles. The first-order chi connectivity index (χ1) is 3.31. The molecule has 0 spiro atoms. The highest BCUT2D eigenvalue weighted by Crippen LogP contribution is 1.77. The first kappa shape index (κ1) is 6.47. The van der Waals surface area contributed by atoms with Crippen molar-refractivity contribution in [2.24, 2.45) is 0 Å². The number of nitrogens with one attached hydrogen (secondary N) is 1. The van der Waals surface area contributed by atoms with Gasteiger partial charge in [-0.25, -0.2) is 0 Å². The van der Waals surface area contributed by atoms with Crippen LogP contribution in [0.5, 0.6) is 0 Å². The minimum absolute atomic E-state index is 0.867. The minimum atomic E-state index is 0.867. The van der Waals surface area contributed by atoms with Gasteiger partial charge in [-0.1, -0.05) is 6.92 Å². The monoisotopic (exact) mass is 99.1 g/mol. The van der Waals surface area contributed by atoms with Gasteiger partial charge in [-0.05, 0) is 6.42 Å². The maximum Gasteiger partial charge on any atom is 0.0814 e. The normalized spacial score (nSPS) is 8.29. The second kappa shape index (κ2) is 3.65. The summed E-state index contributed by atoms with van der Waals surface area (Å²) in [5, 5.41) is 6.69. The van der Waals surface area contributed by atoms with E-state index >= 15 is 0 Å². The molecule has 0 fully saturated rings. The molecular weight excluding hydrogens is 88.1 g/mol. The fraction of sp³-hybridized carbons (Fsp3) is 0.600. The van der Waals surface area contributed by atoms with Gasteiger partial charge in [-0.2, -0.15) is 0 Å². The quantitative estimate of drug-likeness (QED) is 0.410. The van der Waals surface area contributed by atoms with Crippen molar-refractivity contribution < 1.29 is 0 Å². The van der Waals surface area contributed by atoms with Crippen LogP contribution < -0.4 is 0 Å². The number of hydrogen-bond donors (Lipinski definition) is 1. The molecule has 1 N–H and O–H groups in total. The maximum atomic E-state index is 6.69. The number of hydrogen-bond acceptors (Lipinski definition) is 1. The van der Waals surface area contributed by atoms with E-state index in [1.807, 2.05) is 7.05 Å². The van der Waals surface area contributed by atoms with Crippen molar-refractivity contribution in [2.75, 3.05) is 13.6 Å². The van der Waals surface area contributed by atoms with Crippen LogP contribution >= 0.6 is 0 Å². The minimum Gasteiger partial charge on any atom is -0.366 e. The predicted octanol–water partition coefficient (Wildman–Crippen LogP) is 0.749. The van der Waals surface area contributed by atoms with Crippen LogP contribution in [0.3, 0.4) is 0 Å². The van der Waals surface area contributed by atoms with E-state index in [2.05, 4.69) is 6.92 Å². The third-order valence-electron chi connectivity index (χ3n) is 0.731. The summed E-state index contributed by atoms with van der Waals surface area (Å²) >= 11 is 0. The molecule has 0 atom stereocenters. The standard InChI is InChI=1S/C5H11N2/c1-3-4-7(2)5-6/h5-6H,1,3-4H2,2H3. The van der Waals surface area contributed by atoms with E-state index in [-0.39, 0.29) is 0 Å². The summed E-state index contributed by atoms with van der Waals surface area (Å²) in [5.41, 5.74) is 0. The summed E-state index contributed by atoms with van der Waals surface area (Å²) in [7, 11) is 1.86. The lowest BCUT2D eigenvalue weighted by Gasteiger charge is -2.07. The van der Waals surface area contributed by atoms with Crippen molar-refractivity contribution in [3.63, 3.8) is 0 Å². The Labute approximate surface area is 44.6 Å². The Kier molecular flexibility index (Phi) is 3.38. The van der Waals surface area contributed by atoms with Gasteiger partial charge < -0.3 is 4.90 Å². The fourth-order valence-electron chi connectivity index (χ4n) is 0.314. The Balaban J connectivity index is 2.98. The van der Waals surface area contributed by atoms with Gasteiger partial charge in [0.25, 0.3) is 0 Å². The Morgan fingerprint density at radius 3 is 2.57 bits per heavy atom. The molecule has 0 aromatic carbocycles. The zero-order valence-corrected chi connectivity index (χ0v) is 4.65. The summed E-state index contributed by atoms with van der Waals surface area (Å²) in [5.74, 6) is 0. The van der Waals surface area contributed by atoms with Crippen LogP contribution in [0.15, 0.2) is 0 Å². The van der Waals surface area contributed by atoms with Crippen LogP contribution in [0.25, 0.3) is 0 Å². The Morgan fingerprint density at radius 2 is 2.43 bits per heavy atom. The topological polar surface area (TPSA) is 27.1 Å². The van der Waals surface area contributed by atoms with E-state index in [1.54, 1.807) is 4.90 Å². The molecule has 7 heavy (non-hydrogen) atoms. The molecule has 0 saturated carbocycles. The van der Waals surface area contributed by atoms with Crippen molar-refractivity contribution in [1.29, 1.82) is 5.41 Å². The van der Waals surface area contributed by atoms with Crippen molar-refractivity contribution in [3.8, 4) is 0 Å². The number of rotatable bonds is 3. The summed E-state index contributed by atoms with van der Waals surface area (Å²) in [4.78, 5) is 1.78. The Hall–Kier alpha value is -0.530. The zero-order chi connectivity index (χ0) is 5.70. The molecular formula is C5H11N2. The zero-order valence-electron chi connectivity index (χ0n) is 4.65. The van der Waals surface area contributed by atoms with Gasteiger partial charge in [0.2, 0.25) is 0 Å². The van der Waals surface area contributed by atoms with Crippen molar-refractivity contribution in [3.05, 3.63) is 6.92 Å². The van der Waals surface area contributed by atoms with E-state index in [9.17, 15) is 0 Å². The summed E-state index contributed by atoms with van der Waals surface area (Å²) in [6, 6.07) is 0. The highest BCUT2D eigenvalue weighted by Gasteiger charge is 1.82. The third kappa shape index (κ3) is 3.30. The van der Waals surface area contributed by atoms with E-state index < -0.39 is 0 Å². The fourth-order valence-corrected chi connectivity index (χ4v) is 0.314. The molecule has 0 heterocycles. The molecule has 0 aliphatic rings. The van der Waals surface area contributed by atoms with E-state index in [1.165, 1.54) is 6.34 Å². The highest BCUT2D eigenvalue weighted by molar-refractivity contribution is 5.49. The molecule has 0 amide bonds. The molecule has 0 saturated heterocycles. The van der Waals surface area contributed by atoms with Crippen LogP contribution in [0.2, 0.25) is 0 Å². The molecule has 0 aliphatic heterocycles. The first-order valence-electron chi connectivity index (χ1n) is 2.31. The summed E-state index contributed by atoms with van der Waals surface area (Å²) in [6.45, 7) is 4.51. The van der Waals surface area contributed by atoms with Crippen molar-refractivity contribution in [1.82, 2.24) is 4.90 Å². The largest absolute Gasteiger partial charge is 0.366 e. The van der Waals surface area contributed by atoms with Gasteiger partial charge in [0, 0.05) is 13.6 Å². The van der Waals surface area contributed by atoms with Gasteiger partial charge in [0.1, 0.15) is 0 Å². The van der Waals surface area contributed by atoms with Gasteiger partial charge >= 0.3 is 0 Å². The lowest BCUT2D eigenvalue weighted by molar-refractivity contribution is 0.524. The Morgan fingerprint density at radius 1 is 1.86 bits per heavy atom. The SMILES string of the molecule is [CH2]CCN(C)C=N. The van der Waals surface area contributed by atoms with Crippen molar-refractivity contribution in [2.45, 2.75) is 6.42 Å². The maximum absolute atomic E-state index is 6.69. The predicted molar refractivity (Wildman–Crippen MR) is 31.4 cm³/mol. The molecule has 0 rings (SSSR count). The van der Waals surface area contributed by atoms with E-state index in [4.69, 9.17) is 5.41 Å². The molecule has 2 heteroatoms. The van der Waals surface area contributed by atoms with Crippen LogP contribution in [-0.4, -0.2) is 24.8 Å². The second-order valence-electron chi connectivity index (χ2n) is 1.46. The molecule has 0 aromatic rings. The summed E-state index contributed by atoms with van der Waals surface area (Å²) < 4.78 is 0.